The molecule has 0 spiro atoms. The zero-order valence-electron chi connectivity index (χ0n) is 11.5. The zero-order valence-corrected chi connectivity index (χ0v) is 11.5. The summed E-state index contributed by atoms with van der Waals surface area (Å²) in [6.07, 6.45) is 2.88. The third-order valence-electron chi connectivity index (χ3n) is 3.45. The molecule has 0 radical (unpaired) electrons. The lowest BCUT2D eigenvalue weighted by molar-refractivity contribution is 0.328. The van der Waals surface area contributed by atoms with Crippen LogP contribution in [0.1, 0.15) is 51.6 Å². The topological polar surface area (TPSA) is 12.0 Å². The van der Waals surface area contributed by atoms with Crippen molar-refractivity contribution in [2.24, 2.45) is 5.92 Å². The minimum atomic E-state index is -0.762. The van der Waals surface area contributed by atoms with E-state index in [0.717, 1.165) is 25.8 Å². The van der Waals surface area contributed by atoms with E-state index in [1.54, 1.807) is 12.1 Å². The Bertz CT molecular complexity index is 362. The fraction of sp³-hybridized carbons (Fsp3) is 0.600. The van der Waals surface area contributed by atoms with E-state index in [-0.39, 0.29) is 6.04 Å². The maximum atomic E-state index is 13.9. The van der Waals surface area contributed by atoms with Crippen molar-refractivity contribution in [1.82, 2.24) is 5.32 Å². The molecule has 0 aliphatic carbocycles. The molecular formula is C15H23F2N. The van der Waals surface area contributed by atoms with E-state index in [1.807, 2.05) is 0 Å². The van der Waals surface area contributed by atoms with Crippen LogP contribution < -0.4 is 5.32 Å². The van der Waals surface area contributed by atoms with E-state index in [9.17, 15) is 8.78 Å². The summed E-state index contributed by atoms with van der Waals surface area (Å²) in [6, 6.07) is 4.33. The molecule has 102 valence electrons. The molecule has 1 nitrogen and oxygen atoms in total. The van der Waals surface area contributed by atoms with Gasteiger partial charge < -0.3 is 5.32 Å². The van der Waals surface area contributed by atoms with Gasteiger partial charge in [-0.3, -0.25) is 0 Å². The van der Waals surface area contributed by atoms with Crippen molar-refractivity contribution in [2.75, 3.05) is 6.54 Å². The molecule has 0 saturated heterocycles. The van der Waals surface area contributed by atoms with Gasteiger partial charge in [-0.2, -0.15) is 0 Å². The van der Waals surface area contributed by atoms with Gasteiger partial charge in [0, 0.05) is 11.6 Å². The molecule has 0 aromatic heterocycles. The molecule has 1 aromatic rings. The van der Waals surface area contributed by atoms with E-state index >= 15 is 0 Å². The number of rotatable bonds is 7. The first-order valence-corrected chi connectivity index (χ1v) is 6.82. The number of halogens is 2. The maximum Gasteiger partial charge on any atom is 0.163 e. The average Bonchev–Trinajstić information content (AvgIpc) is 2.38. The SMILES string of the molecule is CCCNC(c1cccc(F)c1F)C(CC)CC. The third-order valence-corrected chi connectivity index (χ3v) is 3.45. The monoisotopic (exact) mass is 255 g/mol. The smallest absolute Gasteiger partial charge is 0.163 e. The van der Waals surface area contributed by atoms with Crippen LogP contribution in [-0.2, 0) is 0 Å². The molecule has 18 heavy (non-hydrogen) atoms. The van der Waals surface area contributed by atoms with Crippen LogP contribution in [0.4, 0.5) is 8.78 Å². The van der Waals surface area contributed by atoms with Crippen molar-refractivity contribution >= 4 is 0 Å². The molecule has 1 unspecified atom stereocenters. The first kappa shape index (κ1) is 15.1. The molecule has 0 bridgehead atoms. The standard InChI is InChI=1S/C15H23F2N/c1-4-10-18-15(11(5-2)6-3)12-8-7-9-13(16)14(12)17/h7-9,11,15,18H,4-6,10H2,1-3H3. The van der Waals surface area contributed by atoms with Crippen molar-refractivity contribution < 1.29 is 8.78 Å². The Kier molecular flexibility index (Phi) is 6.27. The minimum Gasteiger partial charge on any atom is -0.310 e. The number of benzene rings is 1. The van der Waals surface area contributed by atoms with Crippen LogP contribution in [0.3, 0.4) is 0 Å². The molecule has 0 saturated carbocycles. The molecule has 1 atom stereocenters. The molecule has 1 aromatic carbocycles. The number of nitrogens with one attached hydrogen (secondary N) is 1. The van der Waals surface area contributed by atoms with Gasteiger partial charge in [0.25, 0.3) is 0 Å². The lowest BCUT2D eigenvalue weighted by Gasteiger charge is -2.27. The molecular weight excluding hydrogens is 232 g/mol. The first-order chi connectivity index (χ1) is 8.65. The molecule has 1 N–H and O–H groups in total. The molecule has 0 aliphatic heterocycles. The highest BCUT2D eigenvalue weighted by atomic mass is 19.2. The second-order valence-electron chi connectivity index (χ2n) is 4.65. The lowest BCUT2D eigenvalue weighted by Crippen LogP contribution is -2.29. The number of hydrogen-bond donors (Lipinski definition) is 1. The van der Waals surface area contributed by atoms with Crippen LogP contribution in [0, 0.1) is 17.6 Å². The van der Waals surface area contributed by atoms with Crippen LogP contribution in [0.25, 0.3) is 0 Å². The zero-order chi connectivity index (χ0) is 13.5. The molecule has 1 rings (SSSR count). The fourth-order valence-corrected chi connectivity index (χ4v) is 2.35. The highest BCUT2D eigenvalue weighted by molar-refractivity contribution is 5.23. The van der Waals surface area contributed by atoms with Gasteiger partial charge in [-0.1, -0.05) is 45.7 Å². The van der Waals surface area contributed by atoms with Crippen molar-refractivity contribution in [3.05, 3.63) is 35.4 Å². The Morgan fingerprint density at radius 2 is 1.78 bits per heavy atom. The summed E-state index contributed by atoms with van der Waals surface area (Å²) < 4.78 is 27.2. The minimum absolute atomic E-state index is 0.101. The Morgan fingerprint density at radius 1 is 1.11 bits per heavy atom. The predicted octanol–water partition coefficient (Wildman–Crippen LogP) is 4.44. The third kappa shape index (κ3) is 3.52. The average molecular weight is 255 g/mol. The quantitative estimate of drug-likeness (QED) is 0.759. The summed E-state index contributed by atoms with van der Waals surface area (Å²) in [5.74, 6) is -1.15. The second-order valence-corrected chi connectivity index (χ2v) is 4.65. The van der Waals surface area contributed by atoms with E-state index in [1.165, 1.54) is 6.07 Å². The molecule has 3 heteroatoms. The normalized spacial score (nSPS) is 13.0. The largest absolute Gasteiger partial charge is 0.310 e. The van der Waals surface area contributed by atoms with Crippen LogP contribution in [0.15, 0.2) is 18.2 Å². The van der Waals surface area contributed by atoms with Gasteiger partial charge in [-0.15, -0.1) is 0 Å². The highest BCUT2D eigenvalue weighted by Gasteiger charge is 2.23. The van der Waals surface area contributed by atoms with Crippen LogP contribution in [0.2, 0.25) is 0 Å². The molecule has 0 amide bonds. The summed E-state index contributed by atoms with van der Waals surface area (Å²) in [6.45, 7) is 7.06. The van der Waals surface area contributed by atoms with E-state index in [0.29, 0.717) is 11.5 Å². The van der Waals surface area contributed by atoms with Gasteiger partial charge >= 0.3 is 0 Å². The van der Waals surface area contributed by atoms with Gasteiger partial charge in [-0.05, 0) is 24.9 Å². The van der Waals surface area contributed by atoms with E-state index in [2.05, 4.69) is 26.1 Å². The van der Waals surface area contributed by atoms with E-state index in [4.69, 9.17) is 0 Å². The maximum absolute atomic E-state index is 13.9. The van der Waals surface area contributed by atoms with Crippen molar-refractivity contribution in [1.29, 1.82) is 0 Å². The van der Waals surface area contributed by atoms with Crippen molar-refractivity contribution in [3.63, 3.8) is 0 Å². The van der Waals surface area contributed by atoms with E-state index < -0.39 is 11.6 Å². The molecule has 0 fully saturated rings. The fourth-order valence-electron chi connectivity index (χ4n) is 2.35. The molecule has 0 aliphatic rings. The Morgan fingerprint density at radius 3 is 2.33 bits per heavy atom. The lowest BCUT2D eigenvalue weighted by atomic mass is 9.88. The molecule has 0 heterocycles. The Labute approximate surface area is 109 Å². The summed E-state index contributed by atoms with van der Waals surface area (Å²) in [7, 11) is 0. The van der Waals surface area contributed by atoms with Crippen LogP contribution >= 0.6 is 0 Å². The second kappa shape index (κ2) is 7.47. The Balaban J connectivity index is 3.04. The van der Waals surface area contributed by atoms with Gasteiger partial charge in [0.1, 0.15) is 0 Å². The van der Waals surface area contributed by atoms with Gasteiger partial charge in [0.2, 0.25) is 0 Å². The summed E-state index contributed by atoms with van der Waals surface area (Å²) in [5, 5.41) is 3.35. The summed E-state index contributed by atoms with van der Waals surface area (Å²) in [4.78, 5) is 0. The van der Waals surface area contributed by atoms with Crippen molar-refractivity contribution in [2.45, 2.75) is 46.1 Å². The van der Waals surface area contributed by atoms with Gasteiger partial charge in [0.05, 0.1) is 0 Å². The van der Waals surface area contributed by atoms with Crippen LogP contribution in [-0.4, -0.2) is 6.54 Å². The van der Waals surface area contributed by atoms with Crippen LogP contribution in [0.5, 0.6) is 0 Å². The van der Waals surface area contributed by atoms with Crippen molar-refractivity contribution in [3.8, 4) is 0 Å². The predicted molar refractivity (Wildman–Crippen MR) is 71.5 cm³/mol. The Hall–Kier alpha value is -0.960. The highest BCUT2D eigenvalue weighted by Crippen LogP contribution is 2.29. The first-order valence-electron chi connectivity index (χ1n) is 6.82. The van der Waals surface area contributed by atoms with Gasteiger partial charge in [0.15, 0.2) is 11.6 Å². The number of hydrogen-bond acceptors (Lipinski definition) is 1. The summed E-state index contributed by atoms with van der Waals surface area (Å²) in [5.41, 5.74) is 0.456. The van der Waals surface area contributed by atoms with Gasteiger partial charge in [-0.25, -0.2) is 8.78 Å². The summed E-state index contributed by atoms with van der Waals surface area (Å²) >= 11 is 0.